The van der Waals surface area contributed by atoms with Gasteiger partial charge in [0, 0.05) is 24.8 Å². The fraction of sp³-hybridized carbons (Fsp3) is 0.462. The fourth-order valence-electron chi connectivity index (χ4n) is 2.36. The number of sulfonamides is 1. The van der Waals surface area contributed by atoms with Gasteiger partial charge in [0.15, 0.2) is 0 Å². The Kier molecular flexibility index (Phi) is 5.81. The van der Waals surface area contributed by atoms with Crippen LogP contribution in [0.3, 0.4) is 0 Å². The second-order valence-corrected chi connectivity index (χ2v) is 8.23. The Balaban J connectivity index is 2.27. The lowest BCUT2D eigenvalue weighted by molar-refractivity contribution is -0.132. The van der Waals surface area contributed by atoms with Crippen LogP contribution in [-0.4, -0.2) is 34.1 Å². The maximum absolute atomic E-state index is 12.5. The van der Waals surface area contributed by atoms with Crippen molar-refractivity contribution in [3.63, 3.8) is 0 Å². The highest BCUT2D eigenvalue weighted by Gasteiger charge is 2.39. The highest BCUT2D eigenvalue weighted by Crippen LogP contribution is 2.34. The zero-order valence-electron chi connectivity index (χ0n) is 11.9. The molecular weight excluding hydrogens is 387 g/mol. The number of halogens is 3. The Hall–Kier alpha value is -0.570. The van der Waals surface area contributed by atoms with Crippen molar-refractivity contribution in [2.75, 3.05) is 19.8 Å². The normalized spacial score (nSPS) is 17.9. The molecule has 0 bridgehead atoms. The van der Waals surface area contributed by atoms with E-state index in [0.29, 0.717) is 26.1 Å². The average molecular weight is 402 g/mol. The van der Waals surface area contributed by atoms with Gasteiger partial charge in [0.25, 0.3) is 0 Å². The number of ether oxygens (including phenoxy) is 1. The standard InChI is InChI=1S/C13H15Cl3N2O4S/c14-8-5-9(15)11(10(16)6-8)23(20,21)18-7-13(12(17)19)1-3-22-4-2-13/h5-6,18H,1-4,7H2,(H2,17,19). The topological polar surface area (TPSA) is 98.5 Å². The fourth-order valence-corrected chi connectivity index (χ4v) is 5.03. The van der Waals surface area contributed by atoms with Gasteiger partial charge in [-0.3, -0.25) is 4.79 Å². The van der Waals surface area contributed by atoms with Crippen LogP contribution in [0.5, 0.6) is 0 Å². The summed E-state index contributed by atoms with van der Waals surface area (Å²) in [5.74, 6) is -0.572. The third-order valence-corrected chi connectivity index (χ3v) is 6.35. The largest absolute Gasteiger partial charge is 0.381 e. The number of nitrogens with two attached hydrogens (primary N) is 1. The van der Waals surface area contributed by atoms with E-state index in [4.69, 9.17) is 45.3 Å². The van der Waals surface area contributed by atoms with E-state index in [0.717, 1.165) is 0 Å². The Morgan fingerprint density at radius 1 is 1.22 bits per heavy atom. The number of amides is 1. The summed E-state index contributed by atoms with van der Waals surface area (Å²) >= 11 is 17.7. The first-order valence-electron chi connectivity index (χ1n) is 6.70. The summed E-state index contributed by atoms with van der Waals surface area (Å²) in [6, 6.07) is 2.56. The van der Waals surface area contributed by atoms with Crippen LogP contribution in [0.25, 0.3) is 0 Å². The molecule has 23 heavy (non-hydrogen) atoms. The number of primary amides is 1. The summed E-state index contributed by atoms with van der Waals surface area (Å²) in [5.41, 5.74) is 4.46. The summed E-state index contributed by atoms with van der Waals surface area (Å²) < 4.78 is 32.5. The molecule has 2 rings (SSSR count). The van der Waals surface area contributed by atoms with Crippen LogP contribution < -0.4 is 10.5 Å². The first-order chi connectivity index (χ1) is 10.7. The summed E-state index contributed by atoms with van der Waals surface area (Å²) in [6.45, 7) is 0.531. The van der Waals surface area contributed by atoms with E-state index < -0.39 is 21.3 Å². The van der Waals surface area contributed by atoms with E-state index in [1.807, 2.05) is 0 Å². The lowest BCUT2D eigenvalue weighted by Crippen LogP contribution is -2.49. The quantitative estimate of drug-likeness (QED) is 0.790. The summed E-state index contributed by atoms with van der Waals surface area (Å²) in [5, 5.41) is 0.0159. The monoisotopic (exact) mass is 400 g/mol. The van der Waals surface area contributed by atoms with Crippen molar-refractivity contribution in [2.45, 2.75) is 17.7 Å². The van der Waals surface area contributed by atoms with E-state index in [9.17, 15) is 13.2 Å². The third-order valence-electron chi connectivity index (χ3n) is 3.80. The van der Waals surface area contributed by atoms with Gasteiger partial charge in [-0.15, -0.1) is 0 Å². The SMILES string of the molecule is NC(=O)C1(CNS(=O)(=O)c2c(Cl)cc(Cl)cc2Cl)CCOCC1. The first kappa shape index (κ1) is 18.8. The molecule has 0 radical (unpaired) electrons. The van der Waals surface area contributed by atoms with Gasteiger partial charge in [-0.25, -0.2) is 13.1 Å². The smallest absolute Gasteiger partial charge is 0.243 e. The number of benzene rings is 1. The number of nitrogens with one attached hydrogen (secondary N) is 1. The lowest BCUT2D eigenvalue weighted by Gasteiger charge is -2.34. The lowest BCUT2D eigenvalue weighted by atomic mass is 9.80. The van der Waals surface area contributed by atoms with Crippen molar-refractivity contribution in [3.8, 4) is 0 Å². The first-order valence-corrected chi connectivity index (χ1v) is 9.31. The van der Waals surface area contributed by atoms with E-state index in [-0.39, 0.29) is 26.5 Å². The second-order valence-electron chi connectivity index (χ2n) is 5.28. The van der Waals surface area contributed by atoms with Gasteiger partial charge in [-0.1, -0.05) is 34.8 Å². The van der Waals surface area contributed by atoms with E-state index in [1.165, 1.54) is 12.1 Å². The molecule has 128 valence electrons. The maximum Gasteiger partial charge on any atom is 0.243 e. The molecular formula is C13H15Cl3N2O4S. The van der Waals surface area contributed by atoms with Crippen LogP contribution >= 0.6 is 34.8 Å². The van der Waals surface area contributed by atoms with Crippen LogP contribution in [0.2, 0.25) is 15.1 Å². The summed E-state index contributed by atoms with van der Waals surface area (Å²) in [6.07, 6.45) is 0.680. The number of carbonyl (C=O) groups is 1. The van der Waals surface area contributed by atoms with Crippen LogP contribution in [0.4, 0.5) is 0 Å². The van der Waals surface area contributed by atoms with E-state index >= 15 is 0 Å². The zero-order chi connectivity index (χ0) is 17.3. The van der Waals surface area contributed by atoms with Crippen LogP contribution in [0.1, 0.15) is 12.8 Å². The molecule has 0 aromatic heterocycles. The molecule has 0 spiro atoms. The van der Waals surface area contributed by atoms with Gasteiger partial charge in [-0.05, 0) is 25.0 Å². The van der Waals surface area contributed by atoms with Crippen LogP contribution in [0, 0.1) is 5.41 Å². The number of hydrogen-bond donors (Lipinski definition) is 2. The molecule has 1 heterocycles. The molecule has 1 fully saturated rings. The Morgan fingerprint density at radius 3 is 2.22 bits per heavy atom. The van der Waals surface area contributed by atoms with Gasteiger partial charge >= 0.3 is 0 Å². The predicted molar refractivity (Wildman–Crippen MR) is 88.3 cm³/mol. The molecule has 10 heteroatoms. The number of hydrogen-bond acceptors (Lipinski definition) is 4. The van der Waals surface area contributed by atoms with Gasteiger partial charge in [0.1, 0.15) is 4.90 Å². The van der Waals surface area contributed by atoms with Crippen molar-refractivity contribution in [1.82, 2.24) is 4.72 Å². The van der Waals surface area contributed by atoms with Crippen molar-refractivity contribution >= 4 is 50.7 Å². The highest BCUT2D eigenvalue weighted by molar-refractivity contribution is 7.89. The van der Waals surface area contributed by atoms with E-state index in [2.05, 4.69) is 4.72 Å². The molecule has 0 unspecified atom stereocenters. The Morgan fingerprint density at radius 2 is 1.74 bits per heavy atom. The predicted octanol–water partition coefficient (Wildman–Crippen LogP) is 2.21. The third kappa shape index (κ3) is 4.10. The number of carbonyl (C=O) groups excluding carboxylic acids is 1. The Labute approximate surface area is 149 Å². The van der Waals surface area contributed by atoms with Crippen LogP contribution in [-0.2, 0) is 19.6 Å². The molecule has 1 aromatic rings. The molecule has 1 aliphatic heterocycles. The van der Waals surface area contributed by atoms with Gasteiger partial charge in [0.2, 0.25) is 15.9 Å². The van der Waals surface area contributed by atoms with Crippen molar-refractivity contribution in [3.05, 3.63) is 27.2 Å². The van der Waals surface area contributed by atoms with Crippen molar-refractivity contribution in [2.24, 2.45) is 11.1 Å². The van der Waals surface area contributed by atoms with Gasteiger partial charge in [0.05, 0.1) is 15.5 Å². The number of rotatable bonds is 5. The second kappa shape index (κ2) is 7.13. The average Bonchev–Trinajstić information content (AvgIpc) is 2.44. The Bertz CT molecular complexity index is 695. The zero-order valence-corrected chi connectivity index (χ0v) is 15.0. The molecule has 1 amide bonds. The molecule has 1 saturated heterocycles. The molecule has 1 aliphatic rings. The minimum absolute atomic E-state index is 0.102. The van der Waals surface area contributed by atoms with Gasteiger partial charge < -0.3 is 10.5 Å². The molecule has 0 atom stereocenters. The van der Waals surface area contributed by atoms with E-state index in [1.54, 1.807) is 0 Å². The molecule has 1 aromatic carbocycles. The van der Waals surface area contributed by atoms with Crippen LogP contribution in [0.15, 0.2) is 17.0 Å². The molecule has 6 nitrogen and oxygen atoms in total. The molecule has 3 N–H and O–H groups in total. The maximum atomic E-state index is 12.5. The van der Waals surface area contributed by atoms with Crippen molar-refractivity contribution in [1.29, 1.82) is 0 Å². The summed E-state index contributed by atoms with van der Waals surface area (Å²) in [7, 11) is -4.03. The summed E-state index contributed by atoms with van der Waals surface area (Å²) in [4.78, 5) is 11.5. The minimum Gasteiger partial charge on any atom is -0.381 e. The van der Waals surface area contributed by atoms with Gasteiger partial charge in [-0.2, -0.15) is 0 Å². The highest BCUT2D eigenvalue weighted by atomic mass is 35.5. The minimum atomic E-state index is -4.03. The van der Waals surface area contributed by atoms with Crippen molar-refractivity contribution < 1.29 is 17.9 Å². The molecule has 0 saturated carbocycles. The molecule has 0 aliphatic carbocycles.